The molecule has 1 aliphatic heterocycles. The smallest absolute Gasteiger partial charge is 0.311 e. The van der Waals surface area contributed by atoms with Crippen molar-refractivity contribution in [3.8, 4) is 11.8 Å². The Kier molecular flexibility index (Phi) is 5.72. The van der Waals surface area contributed by atoms with Crippen molar-refractivity contribution in [1.29, 1.82) is 5.26 Å². The second kappa shape index (κ2) is 8.37. The van der Waals surface area contributed by atoms with Gasteiger partial charge in [-0.3, -0.25) is 9.59 Å². The van der Waals surface area contributed by atoms with Crippen molar-refractivity contribution in [3.63, 3.8) is 0 Å². The summed E-state index contributed by atoms with van der Waals surface area (Å²) < 4.78 is 10.7. The average molecular weight is 364 g/mol. The minimum atomic E-state index is -0.464. The summed E-state index contributed by atoms with van der Waals surface area (Å²) in [6.07, 6.45) is 0.156. The largest absolute Gasteiger partial charge is 0.490 e. The number of rotatable bonds is 6. The van der Waals surface area contributed by atoms with Gasteiger partial charge in [0.25, 0.3) is 0 Å². The third-order valence-electron chi connectivity index (χ3n) is 4.38. The lowest BCUT2D eigenvalue weighted by molar-refractivity contribution is -0.149. The number of ether oxygens (including phenoxy) is 2. The minimum Gasteiger partial charge on any atom is -0.490 e. The van der Waals surface area contributed by atoms with Crippen LogP contribution in [-0.2, 0) is 14.3 Å². The Balaban J connectivity index is 1.45. The third kappa shape index (κ3) is 4.64. The first-order chi connectivity index (χ1) is 13.1. The van der Waals surface area contributed by atoms with E-state index in [0.717, 1.165) is 11.3 Å². The topological polar surface area (TPSA) is 79.6 Å². The van der Waals surface area contributed by atoms with Crippen LogP contribution in [0.3, 0.4) is 0 Å². The van der Waals surface area contributed by atoms with Gasteiger partial charge < -0.3 is 14.4 Å². The number of nitriles is 1. The van der Waals surface area contributed by atoms with E-state index in [-0.39, 0.29) is 31.5 Å². The molecule has 1 fully saturated rings. The molecule has 0 bridgehead atoms. The Labute approximate surface area is 157 Å². The molecule has 2 aromatic rings. The van der Waals surface area contributed by atoms with E-state index in [1.165, 1.54) is 0 Å². The molecule has 27 heavy (non-hydrogen) atoms. The van der Waals surface area contributed by atoms with Crippen LogP contribution in [0.25, 0.3) is 0 Å². The van der Waals surface area contributed by atoms with Gasteiger partial charge >= 0.3 is 5.97 Å². The Morgan fingerprint density at radius 1 is 1.15 bits per heavy atom. The van der Waals surface area contributed by atoms with Crippen LogP contribution in [-0.4, -0.2) is 31.6 Å². The number of esters is 1. The van der Waals surface area contributed by atoms with Crippen LogP contribution in [0.4, 0.5) is 5.69 Å². The molecule has 0 aliphatic carbocycles. The summed E-state index contributed by atoms with van der Waals surface area (Å²) in [5, 5.41) is 8.75. The molecule has 0 N–H and O–H groups in total. The highest BCUT2D eigenvalue weighted by atomic mass is 16.6. The summed E-state index contributed by atoms with van der Waals surface area (Å²) in [5.74, 6) is -0.323. The molecule has 0 radical (unpaired) electrons. The number of hydrogen-bond acceptors (Lipinski definition) is 5. The fourth-order valence-corrected chi connectivity index (χ4v) is 2.89. The summed E-state index contributed by atoms with van der Waals surface area (Å²) in [6.45, 7) is 2.63. The van der Waals surface area contributed by atoms with Crippen molar-refractivity contribution in [3.05, 3.63) is 59.7 Å². The van der Waals surface area contributed by atoms with Gasteiger partial charge in [-0.2, -0.15) is 5.26 Å². The lowest BCUT2D eigenvalue weighted by atomic mass is 10.1. The van der Waals surface area contributed by atoms with Gasteiger partial charge in [0.1, 0.15) is 19.0 Å². The number of carbonyl (C=O) groups is 2. The molecule has 2 aromatic carbocycles. The zero-order chi connectivity index (χ0) is 19.2. The lowest BCUT2D eigenvalue weighted by Crippen LogP contribution is -2.26. The quantitative estimate of drug-likeness (QED) is 0.582. The normalized spacial score (nSPS) is 16.1. The highest BCUT2D eigenvalue weighted by Crippen LogP contribution is 2.26. The molecule has 1 aliphatic rings. The van der Waals surface area contributed by atoms with Crippen molar-refractivity contribution in [2.45, 2.75) is 13.3 Å². The second-order valence-corrected chi connectivity index (χ2v) is 6.39. The number of benzene rings is 2. The van der Waals surface area contributed by atoms with E-state index in [1.807, 2.05) is 37.3 Å². The summed E-state index contributed by atoms with van der Waals surface area (Å²) in [6, 6.07) is 16.4. The van der Waals surface area contributed by atoms with Crippen molar-refractivity contribution in [2.75, 3.05) is 24.7 Å². The Morgan fingerprint density at radius 3 is 2.52 bits per heavy atom. The van der Waals surface area contributed by atoms with E-state index in [0.29, 0.717) is 17.9 Å². The summed E-state index contributed by atoms with van der Waals surface area (Å²) in [7, 11) is 0. The first kappa shape index (κ1) is 18.5. The van der Waals surface area contributed by atoms with Crippen molar-refractivity contribution >= 4 is 17.6 Å². The molecule has 1 heterocycles. The van der Waals surface area contributed by atoms with E-state index in [4.69, 9.17) is 14.7 Å². The van der Waals surface area contributed by atoms with Gasteiger partial charge in [0.2, 0.25) is 5.91 Å². The van der Waals surface area contributed by atoms with Gasteiger partial charge in [-0.25, -0.2) is 0 Å². The van der Waals surface area contributed by atoms with Crippen molar-refractivity contribution in [1.82, 2.24) is 0 Å². The molecule has 0 spiro atoms. The molecule has 1 unspecified atom stereocenters. The standard InChI is InChI=1S/C21H20N2O4/c1-15-2-6-18(7-3-15)23-14-17(12-20(23)24)21(25)27-11-10-26-19-8-4-16(13-22)5-9-19/h2-9,17H,10-12,14H2,1H3. The number of carbonyl (C=O) groups excluding carboxylic acids is 2. The highest BCUT2D eigenvalue weighted by molar-refractivity contribution is 5.99. The predicted molar refractivity (Wildman–Crippen MR) is 99.3 cm³/mol. The molecule has 1 saturated heterocycles. The monoisotopic (exact) mass is 364 g/mol. The summed E-state index contributed by atoms with van der Waals surface area (Å²) >= 11 is 0. The van der Waals surface area contributed by atoms with Gasteiger partial charge in [0.05, 0.1) is 17.6 Å². The third-order valence-corrected chi connectivity index (χ3v) is 4.38. The fourth-order valence-electron chi connectivity index (χ4n) is 2.89. The van der Waals surface area contributed by atoms with E-state index >= 15 is 0 Å². The van der Waals surface area contributed by atoms with Crippen LogP contribution in [0.5, 0.6) is 5.75 Å². The molecule has 0 aromatic heterocycles. The molecular formula is C21H20N2O4. The number of nitrogens with zero attached hydrogens (tertiary/aromatic N) is 2. The predicted octanol–water partition coefficient (Wildman–Crippen LogP) is 2.84. The highest BCUT2D eigenvalue weighted by Gasteiger charge is 2.36. The van der Waals surface area contributed by atoms with Crippen LogP contribution in [0.2, 0.25) is 0 Å². The van der Waals surface area contributed by atoms with Gasteiger partial charge in [0, 0.05) is 18.7 Å². The van der Waals surface area contributed by atoms with Gasteiger partial charge in [-0.05, 0) is 43.3 Å². The molecule has 1 atom stereocenters. The first-order valence-corrected chi connectivity index (χ1v) is 8.73. The lowest BCUT2D eigenvalue weighted by Gasteiger charge is -2.16. The maximum Gasteiger partial charge on any atom is 0.311 e. The fraction of sp³-hybridized carbons (Fsp3) is 0.286. The van der Waals surface area contributed by atoms with Gasteiger partial charge in [-0.1, -0.05) is 17.7 Å². The summed E-state index contributed by atoms with van der Waals surface area (Å²) in [4.78, 5) is 26.1. The summed E-state index contributed by atoms with van der Waals surface area (Å²) in [5.41, 5.74) is 2.46. The average Bonchev–Trinajstić information content (AvgIpc) is 3.08. The van der Waals surface area contributed by atoms with Crippen LogP contribution in [0.1, 0.15) is 17.5 Å². The SMILES string of the molecule is Cc1ccc(N2CC(C(=O)OCCOc3ccc(C#N)cc3)CC2=O)cc1. The number of hydrogen-bond donors (Lipinski definition) is 0. The van der Waals surface area contributed by atoms with Gasteiger partial charge in [-0.15, -0.1) is 0 Å². The number of amides is 1. The molecular weight excluding hydrogens is 344 g/mol. The first-order valence-electron chi connectivity index (χ1n) is 8.73. The zero-order valence-electron chi connectivity index (χ0n) is 15.1. The van der Waals surface area contributed by atoms with E-state index in [1.54, 1.807) is 29.2 Å². The van der Waals surface area contributed by atoms with Crippen LogP contribution in [0.15, 0.2) is 48.5 Å². The van der Waals surface area contributed by atoms with E-state index < -0.39 is 5.92 Å². The minimum absolute atomic E-state index is 0.0744. The molecule has 6 nitrogen and oxygen atoms in total. The Bertz CT molecular complexity index is 853. The van der Waals surface area contributed by atoms with Crippen LogP contribution in [0, 0.1) is 24.2 Å². The van der Waals surface area contributed by atoms with Crippen LogP contribution < -0.4 is 9.64 Å². The molecule has 3 rings (SSSR count). The second-order valence-electron chi connectivity index (χ2n) is 6.39. The molecule has 138 valence electrons. The van der Waals surface area contributed by atoms with E-state index in [2.05, 4.69) is 0 Å². The Hall–Kier alpha value is -3.33. The van der Waals surface area contributed by atoms with Crippen LogP contribution >= 0.6 is 0 Å². The van der Waals surface area contributed by atoms with Crippen molar-refractivity contribution < 1.29 is 19.1 Å². The number of aryl methyl sites for hydroxylation is 1. The molecule has 1 amide bonds. The maximum absolute atomic E-state index is 12.2. The van der Waals surface area contributed by atoms with Crippen molar-refractivity contribution in [2.24, 2.45) is 5.92 Å². The maximum atomic E-state index is 12.2. The van der Waals surface area contributed by atoms with E-state index in [9.17, 15) is 9.59 Å². The number of anilines is 1. The molecule has 0 saturated carbocycles. The molecule has 6 heteroatoms. The zero-order valence-corrected chi connectivity index (χ0v) is 15.1. The van der Waals surface area contributed by atoms with Gasteiger partial charge in [0.15, 0.2) is 0 Å². The Morgan fingerprint density at radius 2 is 1.85 bits per heavy atom.